The lowest BCUT2D eigenvalue weighted by atomic mass is 10.2. The van der Waals surface area contributed by atoms with Crippen LogP contribution < -0.4 is 4.90 Å². The van der Waals surface area contributed by atoms with Crippen LogP contribution in [0.5, 0.6) is 0 Å². The van der Waals surface area contributed by atoms with E-state index >= 15 is 0 Å². The highest BCUT2D eigenvalue weighted by Crippen LogP contribution is 2.32. The summed E-state index contributed by atoms with van der Waals surface area (Å²) < 4.78 is 29.6. The number of aryl methyl sites for hydroxylation is 1. The lowest BCUT2D eigenvalue weighted by Crippen LogP contribution is -2.35. The Bertz CT molecular complexity index is 1010. The van der Waals surface area contributed by atoms with Gasteiger partial charge in [-0.3, -0.25) is 4.79 Å². The van der Waals surface area contributed by atoms with Crippen LogP contribution in [0.4, 0.5) is 5.69 Å². The number of imidazole rings is 1. The summed E-state index contributed by atoms with van der Waals surface area (Å²) >= 11 is 1.45. The number of hydrogen-bond acceptors (Lipinski definition) is 5. The molecule has 0 spiro atoms. The lowest BCUT2D eigenvalue weighted by Gasteiger charge is -2.26. The summed E-state index contributed by atoms with van der Waals surface area (Å²) in [7, 11) is -3.46. The van der Waals surface area contributed by atoms with E-state index in [1.807, 2.05) is 6.20 Å². The molecule has 0 unspecified atom stereocenters. The summed E-state index contributed by atoms with van der Waals surface area (Å²) in [5, 5.41) is 0.854. The number of benzene rings is 1. The molecule has 1 amide bonds. The summed E-state index contributed by atoms with van der Waals surface area (Å²) in [6.45, 7) is 4.77. The number of amides is 1. The molecule has 2 aromatic rings. The number of sulfonamides is 1. The van der Waals surface area contributed by atoms with Gasteiger partial charge in [0.1, 0.15) is 0 Å². The van der Waals surface area contributed by atoms with Gasteiger partial charge in [0.25, 0.3) is 0 Å². The number of carbonyl (C=O) groups is 1. The van der Waals surface area contributed by atoms with E-state index in [-0.39, 0.29) is 5.91 Å². The molecule has 0 N–H and O–H groups in total. The quantitative estimate of drug-likeness (QED) is 0.608. The Kier molecular flexibility index (Phi) is 6.50. The second-order valence-corrected chi connectivity index (χ2v) is 10.6. The lowest BCUT2D eigenvalue weighted by molar-refractivity contribution is -0.116. The number of rotatable bonds is 7. The van der Waals surface area contributed by atoms with Crippen molar-refractivity contribution < 1.29 is 13.2 Å². The molecule has 3 heterocycles. The minimum absolute atomic E-state index is 0.0245. The van der Waals surface area contributed by atoms with Crippen LogP contribution >= 0.6 is 11.8 Å². The molecule has 2 aliphatic rings. The summed E-state index contributed by atoms with van der Waals surface area (Å²) in [5.74, 6) is 0.338. The highest BCUT2D eigenvalue weighted by molar-refractivity contribution is 7.99. The first-order valence-corrected chi connectivity index (χ1v) is 13.0. The molecule has 7 nitrogen and oxygen atoms in total. The van der Waals surface area contributed by atoms with E-state index in [4.69, 9.17) is 0 Å². The molecule has 1 saturated heterocycles. The van der Waals surface area contributed by atoms with Gasteiger partial charge in [0.2, 0.25) is 15.9 Å². The monoisotopic (exact) mass is 448 g/mol. The van der Waals surface area contributed by atoms with E-state index < -0.39 is 10.0 Å². The largest absolute Gasteiger partial charge is 0.326 e. The van der Waals surface area contributed by atoms with E-state index in [0.29, 0.717) is 36.7 Å². The van der Waals surface area contributed by atoms with Crippen molar-refractivity contribution in [1.82, 2.24) is 13.9 Å². The van der Waals surface area contributed by atoms with Gasteiger partial charge in [0.15, 0.2) is 5.16 Å². The Balaban J connectivity index is 1.45. The van der Waals surface area contributed by atoms with Gasteiger partial charge in [-0.2, -0.15) is 4.31 Å². The van der Waals surface area contributed by atoms with Crippen molar-refractivity contribution in [2.45, 2.75) is 55.6 Å². The van der Waals surface area contributed by atoms with Crippen molar-refractivity contribution >= 4 is 33.4 Å². The third-order valence-corrected chi connectivity index (χ3v) is 8.55. The molecule has 30 heavy (non-hydrogen) atoms. The summed E-state index contributed by atoms with van der Waals surface area (Å²) in [4.78, 5) is 19.3. The van der Waals surface area contributed by atoms with E-state index in [0.717, 1.165) is 48.6 Å². The molecule has 0 aliphatic carbocycles. The smallest absolute Gasteiger partial charge is 0.243 e. The molecule has 1 aromatic heterocycles. The first kappa shape index (κ1) is 21.4. The maximum Gasteiger partial charge on any atom is 0.243 e. The fourth-order valence-corrected chi connectivity index (χ4v) is 6.53. The average Bonchev–Trinajstić information content (AvgIpc) is 3.39. The molecule has 9 heteroatoms. The molecular weight excluding hydrogens is 420 g/mol. The first-order valence-electron chi connectivity index (χ1n) is 10.6. The standard InChI is InChI=1S/C21H28N4O3S2/c1-2-10-23-14-9-22-21(23)29-16-20(26)25-13-8-17-15-18(6-7-19(17)25)30(27,28)24-11-4-3-5-12-24/h6-7,9,14-15H,2-5,8,10-13,16H2,1H3. The molecule has 4 rings (SSSR count). The topological polar surface area (TPSA) is 75.5 Å². The highest BCUT2D eigenvalue weighted by Gasteiger charge is 2.30. The number of fused-ring (bicyclic) bond motifs is 1. The molecule has 162 valence electrons. The Morgan fingerprint density at radius 3 is 2.73 bits per heavy atom. The van der Waals surface area contributed by atoms with Crippen LogP contribution in [0, 0.1) is 0 Å². The van der Waals surface area contributed by atoms with E-state index in [1.165, 1.54) is 11.8 Å². The summed E-state index contributed by atoms with van der Waals surface area (Å²) in [5.41, 5.74) is 1.76. The first-order chi connectivity index (χ1) is 14.5. The molecule has 1 aromatic carbocycles. The predicted molar refractivity (Wildman–Crippen MR) is 118 cm³/mol. The molecule has 0 saturated carbocycles. The third-order valence-electron chi connectivity index (χ3n) is 5.67. The van der Waals surface area contributed by atoms with Crippen LogP contribution in [-0.4, -0.2) is 53.6 Å². The maximum absolute atomic E-state index is 13.0. The van der Waals surface area contributed by atoms with Crippen molar-refractivity contribution in [3.63, 3.8) is 0 Å². The molecule has 0 atom stereocenters. The van der Waals surface area contributed by atoms with Gasteiger partial charge >= 0.3 is 0 Å². The van der Waals surface area contributed by atoms with Crippen molar-refractivity contribution in [3.05, 3.63) is 36.2 Å². The van der Waals surface area contributed by atoms with Crippen LogP contribution in [0.25, 0.3) is 0 Å². The van der Waals surface area contributed by atoms with Gasteiger partial charge in [0.05, 0.1) is 10.6 Å². The van der Waals surface area contributed by atoms with Gasteiger partial charge in [-0.25, -0.2) is 13.4 Å². The molecule has 1 fully saturated rings. The number of thioether (sulfide) groups is 1. The van der Waals surface area contributed by atoms with Gasteiger partial charge in [-0.1, -0.05) is 25.1 Å². The molecule has 0 radical (unpaired) electrons. The molecule has 2 aliphatic heterocycles. The van der Waals surface area contributed by atoms with Gasteiger partial charge in [0, 0.05) is 44.3 Å². The van der Waals surface area contributed by atoms with Crippen LogP contribution in [0.3, 0.4) is 0 Å². The summed E-state index contributed by atoms with van der Waals surface area (Å²) in [6, 6.07) is 5.20. The molecule has 0 bridgehead atoms. The average molecular weight is 449 g/mol. The van der Waals surface area contributed by atoms with Gasteiger partial charge < -0.3 is 9.47 Å². The fourth-order valence-electron chi connectivity index (χ4n) is 4.10. The zero-order valence-electron chi connectivity index (χ0n) is 17.3. The normalized spacial score (nSPS) is 17.3. The number of anilines is 1. The van der Waals surface area contributed by atoms with Crippen LogP contribution in [0.1, 0.15) is 38.2 Å². The van der Waals surface area contributed by atoms with Crippen LogP contribution in [-0.2, 0) is 27.8 Å². The number of carbonyl (C=O) groups excluding carboxylic acids is 1. The van der Waals surface area contributed by atoms with Gasteiger partial charge in [-0.15, -0.1) is 0 Å². The number of aromatic nitrogens is 2. The zero-order chi connectivity index (χ0) is 21.1. The number of hydrogen-bond donors (Lipinski definition) is 0. The highest BCUT2D eigenvalue weighted by atomic mass is 32.2. The molecular formula is C21H28N4O3S2. The minimum Gasteiger partial charge on any atom is -0.326 e. The summed E-state index contributed by atoms with van der Waals surface area (Å²) in [6.07, 6.45) is 8.31. The number of nitrogens with zero attached hydrogens (tertiary/aromatic N) is 4. The van der Waals surface area contributed by atoms with E-state index in [2.05, 4.69) is 16.5 Å². The Hall–Kier alpha value is -1.84. The zero-order valence-corrected chi connectivity index (χ0v) is 18.9. The second kappa shape index (κ2) is 9.11. The second-order valence-electron chi connectivity index (χ2n) is 7.74. The van der Waals surface area contributed by atoms with Crippen molar-refractivity contribution in [2.24, 2.45) is 0 Å². The maximum atomic E-state index is 13.0. The van der Waals surface area contributed by atoms with Crippen LogP contribution in [0.2, 0.25) is 0 Å². The number of piperidine rings is 1. The van der Waals surface area contributed by atoms with Crippen molar-refractivity contribution in [2.75, 3.05) is 30.3 Å². The van der Waals surface area contributed by atoms with E-state index in [1.54, 1.807) is 33.6 Å². The van der Waals surface area contributed by atoms with Crippen molar-refractivity contribution in [1.29, 1.82) is 0 Å². The van der Waals surface area contributed by atoms with E-state index in [9.17, 15) is 13.2 Å². The van der Waals surface area contributed by atoms with Crippen molar-refractivity contribution in [3.8, 4) is 0 Å². The minimum atomic E-state index is -3.46. The van der Waals surface area contributed by atoms with Crippen LogP contribution in [0.15, 0.2) is 40.6 Å². The Labute approximate surface area is 182 Å². The third kappa shape index (κ3) is 4.29. The van der Waals surface area contributed by atoms with Gasteiger partial charge in [-0.05, 0) is 49.4 Å². The SMILES string of the molecule is CCCn1ccnc1SCC(=O)N1CCc2cc(S(=O)(=O)N3CCCCC3)ccc21. The predicted octanol–water partition coefficient (Wildman–Crippen LogP) is 3.15. The Morgan fingerprint density at radius 2 is 1.97 bits per heavy atom. The fraction of sp³-hybridized carbons (Fsp3) is 0.524. The Morgan fingerprint density at radius 1 is 1.17 bits per heavy atom.